The van der Waals surface area contributed by atoms with Crippen LogP contribution in [0.3, 0.4) is 0 Å². The van der Waals surface area contributed by atoms with Crippen molar-refractivity contribution in [2.75, 3.05) is 25.0 Å². The number of para-hydroxylation sites is 1. The maximum absolute atomic E-state index is 12.5. The Morgan fingerprint density at radius 1 is 1.30 bits per heavy atom. The van der Waals surface area contributed by atoms with Crippen LogP contribution in [-0.2, 0) is 11.2 Å². The summed E-state index contributed by atoms with van der Waals surface area (Å²) in [6.07, 6.45) is 3.93. The fourth-order valence-electron chi connectivity index (χ4n) is 3.38. The van der Waals surface area contributed by atoms with Crippen molar-refractivity contribution in [2.24, 2.45) is 5.92 Å². The van der Waals surface area contributed by atoms with Gasteiger partial charge in [-0.1, -0.05) is 18.2 Å². The van der Waals surface area contributed by atoms with Gasteiger partial charge in [-0.15, -0.1) is 0 Å². The van der Waals surface area contributed by atoms with E-state index in [2.05, 4.69) is 16.3 Å². The number of anilines is 1. The Balaban J connectivity index is 1.74. The summed E-state index contributed by atoms with van der Waals surface area (Å²) in [5.74, 6) is 0.427. The van der Waals surface area contributed by atoms with E-state index in [1.165, 1.54) is 5.56 Å². The molecule has 4 nitrogen and oxygen atoms in total. The van der Waals surface area contributed by atoms with Gasteiger partial charge in [0.2, 0.25) is 5.91 Å². The van der Waals surface area contributed by atoms with Gasteiger partial charge in [-0.25, -0.2) is 0 Å². The largest absolute Gasteiger partial charge is 0.396 e. The smallest absolute Gasteiger partial charge is 0.241 e. The van der Waals surface area contributed by atoms with E-state index >= 15 is 0 Å². The molecule has 108 valence electrons. The van der Waals surface area contributed by atoms with Gasteiger partial charge in [0.25, 0.3) is 0 Å². The molecular weight excluding hydrogens is 252 g/mol. The summed E-state index contributed by atoms with van der Waals surface area (Å²) in [6, 6.07) is 7.99. The molecule has 0 saturated carbocycles. The Morgan fingerprint density at radius 3 is 3.00 bits per heavy atom. The van der Waals surface area contributed by atoms with Gasteiger partial charge in [-0.05, 0) is 49.8 Å². The minimum Gasteiger partial charge on any atom is -0.396 e. The number of amides is 1. The molecule has 3 rings (SSSR count). The highest BCUT2D eigenvalue weighted by molar-refractivity contribution is 5.96. The first-order valence-corrected chi connectivity index (χ1v) is 7.51. The van der Waals surface area contributed by atoms with Gasteiger partial charge in [-0.3, -0.25) is 9.69 Å². The van der Waals surface area contributed by atoms with Gasteiger partial charge in [0.05, 0.1) is 6.04 Å². The molecular formula is C16H22N2O2. The molecule has 0 bridgehead atoms. The molecule has 2 aliphatic rings. The Bertz CT molecular complexity index is 489. The van der Waals surface area contributed by atoms with Crippen molar-refractivity contribution in [1.29, 1.82) is 0 Å². The Labute approximate surface area is 119 Å². The molecule has 0 spiro atoms. The summed E-state index contributed by atoms with van der Waals surface area (Å²) >= 11 is 0. The number of hydrogen-bond donors (Lipinski definition) is 2. The quantitative estimate of drug-likeness (QED) is 0.862. The lowest BCUT2D eigenvalue weighted by molar-refractivity contribution is -0.122. The summed E-state index contributed by atoms with van der Waals surface area (Å²) in [6.45, 7) is 2.03. The van der Waals surface area contributed by atoms with Crippen LogP contribution in [-0.4, -0.2) is 41.7 Å². The van der Waals surface area contributed by atoms with Crippen LogP contribution in [0.4, 0.5) is 5.69 Å². The average Bonchev–Trinajstić information content (AvgIpc) is 2.65. The van der Waals surface area contributed by atoms with Crippen LogP contribution >= 0.6 is 0 Å². The molecule has 1 aromatic carbocycles. The Kier molecular flexibility index (Phi) is 4.03. The van der Waals surface area contributed by atoms with E-state index in [1.54, 1.807) is 0 Å². The number of fused-ring (bicyclic) bond motifs is 1. The average molecular weight is 274 g/mol. The maximum Gasteiger partial charge on any atom is 0.241 e. The predicted octanol–water partition coefficient (Wildman–Crippen LogP) is 1.64. The number of benzene rings is 1. The van der Waals surface area contributed by atoms with E-state index in [-0.39, 0.29) is 18.6 Å². The number of aliphatic hydroxyl groups excluding tert-OH is 1. The number of aryl methyl sites for hydroxylation is 1. The topological polar surface area (TPSA) is 52.6 Å². The number of nitrogens with zero attached hydrogens (tertiary/aromatic N) is 1. The van der Waals surface area contributed by atoms with Crippen molar-refractivity contribution in [1.82, 2.24) is 4.90 Å². The monoisotopic (exact) mass is 274 g/mol. The number of piperidine rings is 1. The van der Waals surface area contributed by atoms with Crippen molar-refractivity contribution in [3.8, 4) is 0 Å². The van der Waals surface area contributed by atoms with E-state index in [9.17, 15) is 9.90 Å². The van der Waals surface area contributed by atoms with Crippen LogP contribution in [0.25, 0.3) is 0 Å². The molecule has 20 heavy (non-hydrogen) atoms. The van der Waals surface area contributed by atoms with Gasteiger partial charge >= 0.3 is 0 Å². The van der Waals surface area contributed by atoms with Crippen molar-refractivity contribution in [3.63, 3.8) is 0 Å². The lowest BCUT2D eigenvalue weighted by Gasteiger charge is -2.36. The summed E-state index contributed by atoms with van der Waals surface area (Å²) in [5.41, 5.74) is 2.18. The molecule has 4 heteroatoms. The van der Waals surface area contributed by atoms with Crippen LogP contribution in [0, 0.1) is 5.92 Å². The number of rotatable bonds is 2. The number of nitrogens with one attached hydrogen (secondary N) is 1. The summed E-state index contributed by atoms with van der Waals surface area (Å²) in [5, 5.41) is 12.4. The van der Waals surface area contributed by atoms with E-state index in [4.69, 9.17) is 0 Å². The number of carbonyl (C=O) groups is 1. The third-order valence-electron chi connectivity index (χ3n) is 4.51. The zero-order valence-electron chi connectivity index (χ0n) is 11.7. The summed E-state index contributed by atoms with van der Waals surface area (Å²) < 4.78 is 0. The fraction of sp³-hybridized carbons (Fsp3) is 0.562. The van der Waals surface area contributed by atoms with Crippen molar-refractivity contribution >= 4 is 11.6 Å². The van der Waals surface area contributed by atoms with Crippen LogP contribution in [0.2, 0.25) is 0 Å². The molecule has 2 heterocycles. The van der Waals surface area contributed by atoms with E-state index in [1.807, 2.05) is 18.2 Å². The summed E-state index contributed by atoms with van der Waals surface area (Å²) in [7, 11) is 0. The minimum absolute atomic E-state index is 0.0586. The van der Waals surface area contributed by atoms with Gasteiger partial charge in [0, 0.05) is 18.8 Å². The van der Waals surface area contributed by atoms with Gasteiger partial charge in [-0.2, -0.15) is 0 Å². The molecule has 2 aliphatic heterocycles. The molecule has 0 aromatic heterocycles. The lowest BCUT2D eigenvalue weighted by atomic mass is 9.96. The lowest BCUT2D eigenvalue weighted by Crippen LogP contribution is -2.48. The maximum atomic E-state index is 12.5. The Hall–Kier alpha value is -1.39. The second-order valence-corrected chi connectivity index (χ2v) is 5.89. The number of aliphatic hydroxyl groups is 1. The number of hydrogen-bond acceptors (Lipinski definition) is 3. The third-order valence-corrected chi connectivity index (χ3v) is 4.51. The molecule has 2 unspecified atom stereocenters. The fourth-order valence-corrected chi connectivity index (χ4v) is 3.38. The van der Waals surface area contributed by atoms with Crippen LogP contribution in [0.1, 0.15) is 24.8 Å². The molecule has 1 amide bonds. The predicted molar refractivity (Wildman–Crippen MR) is 78.6 cm³/mol. The molecule has 2 N–H and O–H groups in total. The molecule has 1 fully saturated rings. The SMILES string of the molecule is O=C1Nc2ccccc2CCC1N1CCCC(CO)C1. The van der Waals surface area contributed by atoms with Gasteiger partial charge in [0.15, 0.2) is 0 Å². The highest BCUT2D eigenvalue weighted by atomic mass is 16.3. The molecule has 1 saturated heterocycles. The standard InChI is InChI=1S/C16H22N2O2/c19-11-12-4-3-9-18(10-12)15-8-7-13-5-1-2-6-14(13)17-16(15)20/h1-2,5-6,12,15,19H,3-4,7-11H2,(H,17,20). The van der Waals surface area contributed by atoms with Crippen molar-refractivity contribution in [2.45, 2.75) is 31.7 Å². The zero-order chi connectivity index (χ0) is 13.9. The highest BCUT2D eigenvalue weighted by Crippen LogP contribution is 2.26. The second-order valence-electron chi connectivity index (χ2n) is 5.89. The third kappa shape index (κ3) is 2.72. The van der Waals surface area contributed by atoms with Crippen LogP contribution < -0.4 is 5.32 Å². The highest BCUT2D eigenvalue weighted by Gasteiger charge is 2.32. The number of carbonyl (C=O) groups excluding carboxylic acids is 1. The molecule has 0 radical (unpaired) electrons. The zero-order valence-corrected chi connectivity index (χ0v) is 11.7. The van der Waals surface area contributed by atoms with Crippen molar-refractivity contribution in [3.05, 3.63) is 29.8 Å². The van der Waals surface area contributed by atoms with Crippen molar-refractivity contribution < 1.29 is 9.90 Å². The summed E-state index contributed by atoms with van der Waals surface area (Å²) in [4.78, 5) is 14.7. The molecule has 2 atom stereocenters. The van der Waals surface area contributed by atoms with E-state index < -0.39 is 0 Å². The normalized spacial score (nSPS) is 27.6. The minimum atomic E-state index is -0.0586. The van der Waals surface area contributed by atoms with E-state index in [0.29, 0.717) is 5.92 Å². The Morgan fingerprint density at radius 2 is 2.15 bits per heavy atom. The van der Waals surface area contributed by atoms with Gasteiger partial charge in [0.1, 0.15) is 0 Å². The number of likely N-dealkylation sites (tertiary alicyclic amines) is 1. The van der Waals surface area contributed by atoms with Crippen LogP contribution in [0.15, 0.2) is 24.3 Å². The van der Waals surface area contributed by atoms with Crippen LogP contribution in [0.5, 0.6) is 0 Å². The van der Waals surface area contributed by atoms with Gasteiger partial charge < -0.3 is 10.4 Å². The first-order chi connectivity index (χ1) is 9.78. The first-order valence-electron chi connectivity index (χ1n) is 7.51. The van der Waals surface area contributed by atoms with E-state index in [0.717, 1.165) is 44.5 Å². The second kappa shape index (κ2) is 5.94. The molecule has 0 aliphatic carbocycles. The molecule has 1 aromatic rings. The first kappa shape index (κ1) is 13.6.